The van der Waals surface area contributed by atoms with Gasteiger partial charge in [-0.05, 0) is 43.1 Å². The number of aromatic nitrogens is 2. The van der Waals surface area contributed by atoms with Gasteiger partial charge in [0.25, 0.3) is 0 Å². The molecule has 0 saturated heterocycles. The molecule has 0 bridgehead atoms. The van der Waals surface area contributed by atoms with Crippen molar-refractivity contribution in [3.63, 3.8) is 0 Å². The number of benzene rings is 1. The summed E-state index contributed by atoms with van der Waals surface area (Å²) in [7, 11) is 0. The Balaban J connectivity index is 2.12. The third-order valence-corrected chi connectivity index (χ3v) is 2.77. The first kappa shape index (κ1) is 11.9. The summed E-state index contributed by atoms with van der Waals surface area (Å²) in [6, 6.07) is 8.45. The molecule has 2 aromatic rings. The van der Waals surface area contributed by atoms with E-state index in [0.717, 1.165) is 18.8 Å². The number of aryl methyl sites for hydroxylation is 1. The van der Waals surface area contributed by atoms with Gasteiger partial charge in [-0.3, -0.25) is 0 Å². The highest BCUT2D eigenvalue weighted by molar-refractivity contribution is 5.42. The zero-order valence-corrected chi connectivity index (χ0v) is 10.5. The number of nitrogens with one attached hydrogen (secondary N) is 1. The fourth-order valence-electron chi connectivity index (χ4n) is 1.91. The maximum absolute atomic E-state index is 4.25. The van der Waals surface area contributed by atoms with Crippen molar-refractivity contribution >= 4 is 0 Å². The van der Waals surface area contributed by atoms with Gasteiger partial charge >= 0.3 is 0 Å². The standard InChI is InChI=1S/C14H19N3/c1-3-7-15-11-13-5-6-14(12(2)10-13)17-9-4-8-16-17/h4-6,8-10,15H,3,7,11H2,1-2H3. The van der Waals surface area contributed by atoms with Gasteiger partial charge in [-0.1, -0.05) is 19.1 Å². The van der Waals surface area contributed by atoms with Gasteiger partial charge in [0.1, 0.15) is 0 Å². The van der Waals surface area contributed by atoms with E-state index in [9.17, 15) is 0 Å². The van der Waals surface area contributed by atoms with Crippen molar-refractivity contribution in [2.24, 2.45) is 0 Å². The van der Waals surface area contributed by atoms with Gasteiger partial charge in [-0.25, -0.2) is 4.68 Å². The normalized spacial score (nSPS) is 10.7. The molecule has 90 valence electrons. The summed E-state index contributed by atoms with van der Waals surface area (Å²) in [5.41, 5.74) is 3.73. The largest absolute Gasteiger partial charge is 0.313 e. The van der Waals surface area contributed by atoms with Gasteiger partial charge in [-0.2, -0.15) is 5.10 Å². The number of hydrogen-bond donors (Lipinski definition) is 1. The molecule has 0 aliphatic carbocycles. The van der Waals surface area contributed by atoms with Gasteiger partial charge in [0.2, 0.25) is 0 Å². The zero-order chi connectivity index (χ0) is 12.1. The van der Waals surface area contributed by atoms with Crippen LogP contribution in [0.2, 0.25) is 0 Å². The van der Waals surface area contributed by atoms with Crippen molar-refractivity contribution in [1.82, 2.24) is 15.1 Å². The van der Waals surface area contributed by atoms with Crippen LogP contribution < -0.4 is 5.32 Å². The van der Waals surface area contributed by atoms with Crippen molar-refractivity contribution in [3.05, 3.63) is 47.8 Å². The molecule has 0 unspecified atom stereocenters. The Morgan fingerprint density at radius 2 is 2.24 bits per heavy atom. The Bertz CT molecular complexity index is 460. The first-order valence-corrected chi connectivity index (χ1v) is 6.11. The summed E-state index contributed by atoms with van der Waals surface area (Å²) < 4.78 is 1.90. The van der Waals surface area contributed by atoms with E-state index in [0.29, 0.717) is 0 Å². The van der Waals surface area contributed by atoms with Gasteiger partial charge < -0.3 is 5.32 Å². The molecule has 3 heteroatoms. The smallest absolute Gasteiger partial charge is 0.0674 e. The average molecular weight is 229 g/mol. The van der Waals surface area contributed by atoms with E-state index in [1.807, 2.05) is 16.9 Å². The molecule has 0 aliphatic heterocycles. The molecule has 0 radical (unpaired) electrons. The Morgan fingerprint density at radius 3 is 2.88 bits per heavy atom. The minimum Gasteiger partial charge on any atom is -0.313 e. The van der Waals surface area contributed by atoms with Crippen LogP contribution in [0.15, 0.2) is 36.7 Å². The number of rotatable bonds is 5. The lowest BCUT2D eigenvalue weighted by Gasteiger charge is -2.09. The van der Waals surface area contributed by atoms with Crippen molar-refractivity contribution in [1.29, 1.82) is 0 Å². The molecule has 0 amide bonds. The second-order valence-electron chi connectivity index (χ2n) is 4.25. The summed E-state index contributed by atoms with van der Waals surface area (Å²) in [5.74, 6) is 0. The quantitative estimate of drug-likeness (QED) is 0.799. The molecule has 1 heterocycles. The molecule has 3 nitrogen and oxygen atoms in total. The maximum Gasteiger partial charge on any atom is 0.0674 e. The third kappa shape index (κ3) is 2.94. The van der Waals surface area contributed by atoms with Crippen LogP contribution in [0.1, 0.15) is 24.5 Å². The summed E-state index contributed by atoms with van der Waals surface area (Å²) in [6.07, 6.45) is 4.94. The van der Waals surface area contributed by atoms with Crippen LogP contribution in [0.3, 0.4) is 0 Å². The van der Waals surface area contributed by atoms with E-state index in [1.54, 1.807) is 6.20 Å². The minimum absolute atomic E-state index is 0.939. The van der Waals surface area contributed by atoms with Gasteiger partial charge in [0, 0.05) is 18.9 Å². The highest BCUT2D eigenvalue weighted by atomic mass is 15.3. The van der Waals surface area contributed by atoms with E-state index in [-0.39, 0.29) is 0 Å². The predicted molar refractivity (Wildman–Crippen MR) is 70.3 cm³/mol. The Kier molecular flexibility index (Phi) is 3.94. The van der Waals surface area contributed by atoms with Crippen LogP contribution in [0.4, 0.5) is 0 Å². The molecule has 1 N–H and O–H groups in total. The Morgan fingerprint density at radius 1 is 1.35 bits per heavy atom. The van der Waals surface area contributed by atoms with E-state index in [2.05, 4.69) is 42.5 Å². The highest BCUT2D eigenvalue weighted by Crippen LogP contribution is 2.14. The summed E-state index contributed by atoms with van der Waals surface area (Å²) in [4.78, 5) is 0. The summed E-state index contributed by atoms with van der Waals surface area (Å²) >= 11 is 0. The molecule has 17 heavy (non-hydrogen) atoms. The molecule has 0 fully saturated rings. The van der Waals surface area contributed by atoms with Gasteiger partial charge in [-0.15, -0.1) is 0 Å². The van der Waals surface area contributed by atoms with Crippen molar-refractivity contribution in [2.75, 3.05) is 6.54 Å². The zero-order valence-electron chi connectivity index (χ0n) is 10.5. The second-order valence-corrected chi connectivity index (χ2v) is 4.25. The topological polar surface area (TPSA) is 29.9 Å². The number of hydrogen-bond acceptors (Lipinski definition) is 2. The predicted octanol–water partition coefficient (Wildman–Crippen LogP) is 2.68. The number of nitrogens with zero attached hydrogens (tertiary/aromatic N) is 2. The molecule has 0 aliphatic rings. The fourth-order valence-corrected chi connectivity index (χ4v) is 1.91. The fraction of sp³-hybridized carbons (Fsp3) is 0.357. The van der Waals surface area contributed by atoms with E-state index < -0.39 is 0 Å². The molecule has 1 aromatic carbocycles. The first-order valence-electron chi connectivity index (χ1n) is 6.11. The van der Waals surface area contributed by atoms with Crippen LogP contribution in [0.5, 0.6) is 0 Å². The van der Waals surface area contributed by atoms with Crippen LogP contribution in [0, 0.1) is 6.92 Å². The monoisotopic (exact) mass is 229 g/mol. The molecular weight excluding hydrogens is 210 g/mol. The highest BCUT2D eigenvalue weighted by Gasteiger charge is 2.02. The summed E-state index contributed by atoms with van der Waals surface area (Å²) in [6.45, 7) is 6.31. The van der Waals surface area contributed by atoms with Gasteiger partial charge in [0.15, 0.2) is 0 Å². The van der Waals surface area contributed by atoms with Crippen molar-refractivity contribution in [2.45, 2.75) is 26.8 Å². The minimum atomic E-state index is 0.939. The maximum atomic E-state index is 4.25. The molecule has 2 rings (SSSR count). The molecule has 0 saturated carbocycles. The lowest BCUT2D eigenvalue weighted by molar-refractivity contribution is 0.675. The van der Waals surface area contributed by atoms with Crippen LogP contribution >= 0.6 is 0 Å². The van der Waals surface area contributed by atoms with Crippen LogP contribution in [-0.2, 0) is 6.54 Å². The van der Waals surface area contributed by atoms with Crippen LogP contribution in [-0.4, -0.2) is 16.3 Å². The van der Waals surface area contributed by atoms with E-state index >= 15 is 0 Å². The molecular formula is C14H19N3. The lowest BCUT2D eigenvalue weighted by Crippen LogP contribution is -2.14. The average Bonchev–Trinajstić information content (AvgIpc) is 2.83. The SMILES string of the molecule is CCCNCc1ccc(-n2cccn2)c(C)c1. The van der Waals surface area contributed by atoms with Crippen LogP contribution in [0.25, 0.3) is 5.69 Å². The first-order chi connectivity index (χ1) is 8.31. The van der Waals surface area contributed by atoms with E-state index in [1.165, 1.54) is 17.5 Å². The molecule has 0 atom stereocenters. The molecule has 1 aromatic heterocycles. The Labute approximate surface area is 102 Å². The lowest BCUT2D eigenvalue weighted by atomic mass is 10.1. The van der Waals surface area contributed by atoms with Crippen molar-refractivity contribution < 1.29 is 0 Å². The van der Waals surface area contributed by atoms with Crippen molar-refractivity contribution in [3.8, 4) is 5.69 Å². The second kappa shape index (κ2) is 5.64. The Hall–Kier alpha value is -1.61. The van der Waals surface area contributed by atoms with Gasteiger partial charge in [0.05, 0.1) is 5.69 Å². The van der Waals surface area contributed by atoms with E-state index in [4.69, 9.17) is 0 Å². The third-order valence-electron chi connectivity index (χ3n) is 2.77. The molecule has 0 spiro atoms. The summed E-state index contributed by atoms with van der Waals surface area (Å²) in [5, 5.41) is 7.66.